The highest BCUT2D eigenvalue weighted by molar-refractivity contribution is 5.89. The standard InChI is InChI=1S/C29H25NO4/c1-33-26-17-8-7-15-25(26)27(24-16-9-13-22-12-5-6-14-23(22)24)29(19-30,28(31)32)20-34-18-21-10-3-2-4-11-21/h2-17,27H,18,20H2,1H3,(H,31,32)/t27-,29-/m0/s1. The molecule has 0 bridgehead atoms. The quantitative estimate of drug-likeness (QED) is 0.348. The van der Waals surface area contributed by atoms with Gasteiger partial charge in [-0.2, -0.15) is 5.26 Å². The molecule has 0 aliphatic heterocycles. The second kappa shape index (κ2) is 10.2. The van der Waals surface area contributed by atoms with E-state index in [1.54, 1.807) is 13.2 Å². The lowest BCUT2D eigenvalue weighted by molar-refractivity contribution is -0.150. The predicted octanol–water partition coefficient (Wildman–Crippen LogP) is 5.79. The minimum absolute atomic E-state index is 0.200. The van der Waals surface area contributed by atoms with Gasteiger partial charge in [-0.3, -0.25) is 4.79 Å². The minimum atomic E-state index is -1.90. The lowest BCUT2D eigenvalue weighted by atomic mass is 9.68. The first-order chi connectivity index (χ1) is 16.6. The number of para-hydroxylation sites is 1. The number of carbonyl (C=O) groups is 1. The fraction of sp³-hybridized carbons (Fsp3) is 0.172. The number of carboxylic acids is 1. The van der Waals surface area contributed by atoms with Crippen LogP contribution in [0.1, 0.15) is 22.6 Å². The molecular weight excluding hydrogens is 426 g/mol. The molecule has 0 heterocycles. The van der Waals surface area contributed by atoms with Crippen LogP contribution in [0.5, 0.6) is 5.75 Å². The molecule has 0 aliphatic carbocycles. The maximum atomic E-state index is 12.9. The van der Waals surface area contributed by atoms with Crippen molar-refractivity contribution in [3.8, 4) is 11.8 Å². The summed E-state index contributed by atoms with van der Waals surface area (Å²) < 4.78 is 11.5. The maximum Gasteiger partial charge on any atom is 0.327 e. The number of fused-ring (bicyclic) bond motifs is 1. The van der Waals surface area contributed by atoms with Crippen LogP contribution in [-0.2, 0) is 16.1 Å². The van der Waals surface area contributed by atoms with Crippen LogP contribution < -0.4 is 4.74 Å². The Bertz CT molecular complexity index is 1320. The second-order valence-electron chi connectivity index (χ2n) is 8.11. The van der Waals surface area contributed by atoms with Crippen molar-refractivity contribution in [3.63, 3.8) is 0 Å². The summed E-state index contributed by atoms with van der Waals surface area (Å²) in [5, 5.41) is 22.8. The molecule has 0 saturated carbocycles. The van der Waals surface area contributed by atoms with Crippen molar-refractivity contribution >= 4 is 16.7 Å². The molecule has 2 atom stereocenters. The van der Waals surface area contributed by atoms with Crippen molar-refractivity contribution in [1.29, 1.82) is 5.26 Å². The third-order valence-electron chi connectivity index (χ3n) is 6.10. The fourth-order valence-electron chi connectivity index (χ4n) is 4.42. The second-order valence-corrected chi connectivity index (χ2v) is 8.11. The number of benzene rings is 4. The number of hydrogen-bond acceptors (Lipinski definition) is 4. The van der Waals surface area contributed by atoms with Crippen molar-refractivity contribution in [3.05, 3.63) is 114 Å². The van der Waals surface area contributed by atoms with Gasteiger partial charge in [0.25, 0.3) is 0 Å². The highest BCUT2D eigenvalue weighted by atomic mass is 16.5. The fourth-order valence-corrected chi connectivity index (χ4v) is 4.42. The zero-order valence-electron chi connectivity index (χ0n) is 18.8. The van der Waals surface area contributed by atoms with E-state index in [0.717, 1.165) is 21.9 Å². The van der Waals surface area contributed by atoms with E-state index in [1.165, 1.54) is 0 Å². The van der Waals surface area contributed by atoms with Crippen LogP contribution in [0.4, 0.5) is 0 Å². The van der Waals surface area contributed by atoms with Gasteiger partial charge < -0.3 is 14.6 Å². The van der Waals surface area contributed by atoms with E-state index in [2.05, 4.69) is 6.07 Å². The van der Waals surface area contributed by atoms with E-state index >= 15 is 0 Å². The third kappa shape index (κ3) is 4.36. The van der Waals surface area contributed by atoms with Gasteiger partial charge in [-0.1, -0.05) is 91.0 Å². The molecule has 0 radical (unpaired) electrons. The van der Waals surface area contributed by atoms with Crippen LogP contribution in [-0.4, -0.2) is 24.8 Å². The molecule has 1 N–H and O–H groups in total. The van der Waals surface area contributed by atoms with Crippen molar-refractivity contribution in [1.82, 2.24) is 0 Å². The Balaban J connectivity index is 1.89. The van der Waals surface area contributed by atoms with Crippen LogP contribution in [0.2, 0.25) is 0 Å². The Morgan fingerprint density at radius 1 is 0.912 bits per heavy atom. The van der Waals surface area contributed by atoms with Gasteiger partial charge in [0.2, 0.25) is 0 Å². The van der Waals surface area contributed by atoms with E-state index in [1.807, 2.05) is 91.0 Å². The Morgan fingerprint density at radius 2 is 1.56 bits per heavy atom. The smallest absolute Gasteiger partial charge is 0.327 e. The van der Waals surface area contributed by atoms with E-state index in [0.29, 0.717) is 11.3 Å². The number of ether oxygens (including phenoxy) is 2. The highest BCUT2D eigenvalue weighted by Gasteiger charge is 2.50. The maximum absolute atomic E-state index is 12.9. The molecule has 5 heteroatoms. The summed E-state index contributed by atoms with van der Waals surface area (Å²) in [4.78, 5) is 12.9. The van der Waals surface area contributed by atoms with Crippen LogP contribution in [0.3, 0.4) is 0 Å². The molecule has 0 saturated heterocycles. The summed E-state index contributed by atoms with van der Waals surface area (Å²) in [6.45, 7) is -0.0919. The van der Waals surface area contributed by atoms with Crippen molar-refractivity contribution in [2.75, 3.05) is 13.7 Å². The largest absolute Gasteiger partial charge is 0.496 e. The van der Waals surface area contributed by atoms with Gasteiger partial charge in [0.15, 0.2) is 5.41 Å². The van der Waals surface area contributed by atoms with Gasteiger partial charge in [0.05, 0.1) is 26.4 Å². The van der Waals surface area contributed by atoms with Gasteiger partial charge in [-0.25, -0.2) is 0 Å². The summed E-state index contributed by atoms with van der Waals surface area (Å²) in [5.74, 6) is -1.57. The molecule has 0 aliphatic rings. The molecule has 4 aromatic carbocycles. The van der Waals surface area contributed by atoms with Crippen LogP contribution in [0.15, 0.2) is 97.1 Å². The van der Waals surface area contributed by atoms with Crippen molar-refractivity contribution in [2.45, 2.75) is 12.5 Å². The van der Waals surface area contributed by atoms with E-state index < -0.39 is 17.3 Å². The predicted molar refractivity (Wildman–Crippen MR) is 131 cm³/mol. The average Bonchev–Trinajstić information content (AvgIpc) is 2.88. The molecule has 4 rings (SSSR count). The number of nitrogens with zero attached hydrogens (tertiary/aromatic N) is 1. The number of rotatable bonds is 9. The monoisotopic (exact) mass is 451 g/mol. The number of methoxy groups -OCH3 is 1. The Hall–Kier alpha value is -4.14. The Kier molecular flexibility index (Phi) is 6.91. The molecule has 4 aromatic rings. The van der Waals surface area contributed by atoms with E-state index in [9.17, 15) is 15.2 Å². The van der Waals surface area contributed by atoms with Crippen LogP contribution in [0.25, 0.3) is 10.8 Å². The van der Waals surface area contributed by atoms with Gasteiger partial charge in [0.1, 0.15) is 5.75 Å². The number of aliphatic carboxylic acids is 1. The van der Waals surface area contributed by atoms with E-state index in [-0.39, 0.29) is 13.2 Å². The average molecular weight is 452 g/mol. The summed E-state index contributed by atoms with van der Waals surface area (Å²) in [6.07, 6.45) is 0. The highest BCUT2D eigenvalue weighted by Crippen LogP contribution is 2.47. The van der Waals surface area contributed by atoms with Crippen LogP contribution >= 0.6 is 0 Å². The topological polar surface area (TPSA) is 79.5 Å². The molecule has 0 aromatic heterocycles. The Labute approximate surface area is 198 Å². The first-order valence-corrected chi connectivity index (χ1v) is 11.0. The first kappa shape index (κ1) is 23.0. The zero-order valence-corrected chi connectivity index (χ0v) is 18.8. The van der Waals surface area contributed by atoms with E-state index in [4.69, 9.17) is 9.47 Å². The van der Waals surface area contributed by atoms with Crippen molar-refractivity contribution in [2.24, 2.45) is 5.41 Å². The third-order valence-corrected chi connectivity index (χ3v) is 6.10. The molecular formula is C29H25NO4. The summed E-state index contributed by atoms with van der Waals surface area (Å²) >= 11 is 0. The van der Waals surface area contributed by atoms with Gasteiger partial charge in [-0.05, 0) is 28.0 Å². The molecule has 0 fully saturated rings. The lowest BCUT2D eigenvalue weighted by Gasteiger charge is -2.33. The summed E-state index contributed by atoms with van der Waals surface area (Å²) in [5.41, 5.74) is 0.357. The number of carboxylic acid groups (broad SMARTS) is 1. The van der Waals surface area contributed by atoms with Crippen LogP contribution in [0, 0.1) is 16.7 Å². The molecule has 0 amide bonds. The first-order valence-electron chi connectivity index (χ1n) is 11.0. The number of nitriles is 1. The number of hydrogen-bond donors (Lipinski definition) is 1. The SMILES string of the molecule is COc1ccccc1[C@H](c1cccc2ccccc12)[C@](C#N)(COCc1ccccc1)C(=O)O. The molecule has 5 nitrogen and oxygen atoms in total. The zero-order chi connectivity index (χ0) is 24.0. The molecule has 34 heavy (non-hydrogen) atoms. The minimum Gasteiger partial charge on any atom is -0.496 e. The van der Waals surface area contributed by atoms with Gasteiger partial charge >= 0.3 is 5.97 Å². The summed E-state index contributed by atoms with van der Waals surface area (Å²) in [6, 6.07) is 32.4. The van der Waals surface area contributed by atoms with Crippen molar-refractivity contribution < 1.29 is 19.4 Å². The lowest BCUT2D eigenvalue weighted by Crippen LogP contribution is -2.41. The normalized spacial score (nSPS) is 13.5. The summed E-state index contributed by atoms with van der Waals surface area (Å²) in [7, 11) is 1.54. The van der Waals surface area contributed by atoms with Gasteiger partial charge in [-0.15, -0.1) is 0 Å². The molecule has 170 valence electrons. The van der Waals surface area contributed by atoms with Gasteiger partial charge in [0, 0.05) is 11.5 Å². The molecule has 0 unspecified atom stereocenters. The molecule has 0 spiro atoms. The Morgan fingerprint density at radius 3 is 2.29 bits per heavy atom.